The van der Waals surface area contributed by atoms with Gasteiger partial charge in [0.2, 0.25) is 5.71 Å². The van der Waals surface area contributed by atoms with E-state index in [0.29, 0.717) is 11.3 Å². The Kier molecular flexibility index (Phi) is 3.74. The molecule has 0 heterocycles. The minimum Gasteiger partial charge on any atom is -0.276 e. The lowest BCUT2D eigenvalue weighted by molar-refractivity contribution is -0.385. The lowest BCUT2D eigenvalue weighted by Gasteiger charge is -2.04. The maximum absolute atomic E-state index is 10.7. The summed E-state index contributed by atoms with van der Waals surface area (Å²) in [4.78, 5) is 10.1. The molecule has 7 nitrogen and oxygen atoms in total. The van der Waals surface area contributed by atoms with Gasteiger partial charge in [-0.05, 0) is 13.0 Å². The van der Waals surface area contributed by atoms with Crippen LogP contribution in [0.15, 0.2) is 23.3 Å². The predicted octanol–water partition coefficient (Wildman–Crippen LogP) is 1.72. The van der Waals surface area contributed by atoms with E-state index in [-0.39, 0.29) is 11.4 Å². The highest BCUT2D eigenvalue weighted by Crippen LogP contribution is 2.24. The van der Waals surface area contributed by atoms with Crippen LogP contribution in [0.2, 0.25) is 0 Å². The fraction of sp³-hybridized carbons (Fsp3) is 0.100. The van der Waals surface area contributed by atoms with Crippen LogP contribution in [-0.2, 0) is 0 Å². The third-order valence-electron chi connectivity index (χ3n) is 2.00. The Hall–Kier alpha value is -2.93. The van der Waals surface area contributed by atoms with Crippen LogP contribution in [-0.4, -0.2) is 10.6 Å². The van der Waals surface area contributed by atoms with Gasteiger partial charge in [-0.2, -0.15) is 15.6 Å². The van der Waals surface area contributed by atoms with E-state index in [2.05, 4.69) is 10.5 Å². The van der Waals surface area contributed by atoms with Crippen molar-refractivity contribution in [3.8, 4) is 12.1 Å². The van der Waals surface area contributed by atoms with Gasteiger partial charge in [-0.25, -0.2) is 0 Å². The van der Waals surface area contributed by atoms with Crippen LogP contribution >= 0.6 is 0 Å². The minimum absolute atomic E-state index is 0.0549. The van der Waals surface area contributed by atoms with Crippen LogP contribution < -0.4 is 5.43 Å². The largest absolute Gasteiger partial charge is 0.276 e. The molecule has 0 radical (unpaired) electrons. The number of rotatable bonds is 3. The molecule has 0 bridgehead atoms. The molecule has 1 rings (SSSR count). The molecule has 17 heavy (non-hydrogen) atoms. The van der Waals surface area contributed by atoms with Gasteiger partial charge >= 0.3 is 0 Å². The van der Waals surface area contributed by atoms with Gasteiger partial charge in [0, 0.05) is 6.07 Å². The first-order valence-corrected chi connectivity index (χ1v) is 4.48. The van der Waals surface area contributed by atoms with E-state index in [1.165, 1.54) is 12.1 Å². The lowest BCUT2D eigenvalue weighted by Crippen LogP contribution is -2.00. The molecular weight excluding hydrogens is 222 g/mol. The number of hydrogen-bond acceptors (Lipinski definition) is 6. The molecule has 0 aliphatic heterocycles. The van der Waals surface area contributed by atoms with Crippen molar-refractivity contribution in [1.82, 2.24) is 0 Å². The fourth-order valence-electron chi connectivity index (χ4n) is 1.13. The van der Waals surface area contributed by atoms with Crippen LogP contribution in [0.4, 0.5) is 11.4 Å². The van der Waals surface area contributed by atoms with Crippen molar-refractivity contribution < 1.29 is 4.92 Å². The second-order valence-electron chi connectivity index (χ2n) is 3.00. The smallest absolute Gasteiger partial charge is 0.274 e. The SMILES string of the molecule is Cc1c(NN=C(C#N)C#N)cccc1[N+](=O)[O-]. The Labute approximate surface area is 96.7 Å². The standard InChI is InChI=1S/C10H7N5O2/c1-7-9(14-13-8(5-11)6-12)3-2-4-10(7)15(16)17/h2-4,14H,1H3. The molecule has 0 aliphatic carbocycles. The summed E-state index contributed by atoms with van der Waals surface area (Å²) >= 11 is 0. The number of nitro benzene ring substituents is 1. The number of hydrogen-bond donors (Lipinski definition) is 1. The van der Waals surface area contributed by atoms with Crippen LogP contribution in [0.3, 0.4) is 0 Å². The zero-order valence-electron chi connectivity index (χ0n) is 8.84. The number of nitrogens with one attached hydrogen (secondary N) is 1. The molecule has 0 fully saturated rings. The number of hydrazone groups is 1. The number of anilines is 1. The first kappa shape index (κ1) is 12.1. The molecule has 0 unspecified atom stereocenters. The average molecular weight is 229 g/mol. The molecule has 0 saturated carbocycles. The molecule has 1 N–H and O–H groups in total. The molecule has 0 amide bonds. The van der Waals surface area contributed by atoms with Gasteiger partial charge in [0.15, 0.2) is 0 Å². The third kappa shape index (κ3) is 2.76. The van der Waals surface area contributed by atoms with E-state index in [1.807, 2.05) is 0 Å². The predicted molar refractivity (Wildman–Crippen MR) is 60.1 cm³/mol. The van der Waals surface area contributed by atoms with Crippen molar-refractivity contribution in [2.24, 2.45) is 5.10 Å². The molecule has 7 heteroatoms. The Bertz CT molecular complexity index is 549. The van der Waals surface area contributed by atoms with E-state index >= 15 is 0 Å². The Morgan fingerprint density at radius 1 is 1.47 bits per heavy atom. The fourth-order valence-corrected chi connectivity index (χ4v) is 1.13. The summed E-state index contributed by atoms with van der Waals surface area (Å²) in [6.07, 6.45) is 0. The number of nitro groups is 1. The summed E-state index contributed by atoms with van der Waals surface area (Å²) in [6.45, 7) is 1.55. The molecule has 0 spiro atoms. The Balaban J connectivity index is 3.07. The highest BCUT2D eigenvalue weighted by atomic mass is 16.6. The maximum Gasteiger partial charge on any atom is 0.274 e. The molecule has 0 saturated heterocycles. The second-order valence-corrected chi connectivity index (χ2v) is 3.00. The molecule has 1 aromatic carbocycles. The van der Waals surface area contributed by atoms with Crippen molar-refractivity contribution in [1.29, 1.82) is 10.5 Å². The van der Waals surface area contributed by atoms with Crippen molar-refractivity contribution in [2.75, 3.05) is 5.43 Å². The zero-order valence-corrected chi connectivity index (χ0v) is 8.84. The summed E-state index contributed by atoms with van der Waals surface area (Å²) in [5.74, 6) is 0. The van der Waals surface area contributed by atoms with Gasteiger partial charge in [-0.15, -0.1) is 0 Å². The van der Waals surface area contributed by atoms with Crippen molar-refractivity contribution >= 4 is 17.1 Å². The monoisotopic (exact) mass is 229 g/mol. The molecule has 0 aliphatic rings. The lowest BCUT2D eigenvalue weighted by atomic mass is 10.1. The molecular formula is C10H7N5O2. The Morgan fingerprint density at radius 2 is 2.12 bits per heavy atom. The topological polar surface area (TPSA) is 115 Å². The van der Waals surface area contributed by atoms with Gasteiger partial charge < -0.3 is 0 Å². The first-order valence-electron chi connectivity index (χ1n) is 4.48. The van der Waals surface area contributed by atoms with Crippen molar-refractivity contribution in [3.63, 3.8) is 0 Å². The van der Waals surface area contributed by atoms with Crippen LogP contribution in [0.1, 0.15) is 5.56 Å². The first-order chi connectivity index (χ1) is 8.10. The van der Waals surface area contributed by atoms with E-state index in [9.17, 15) is 10.1 Å². The highest BCUT2D eigenvalue weighted by molar-refractivity contribution is 6.10. The summed E-state index contributed by atoms with van der Waals surface area (Å²) in [5, 5.41) is 31.1. The van der Waals surface area contributed by atoms with E-state index in [1.54, 1.807) is 25.1 Å². The summed E-state index contributed by atoms with van der Waals surface area (Å²) < 4.78 is 0. The average Bonchev–Trinajstić information content (AvgIpc) is 2.32. The van der Waals surface area contributed by atoms with Crippen molar-refractivity contribution in [3.05, 3.63) is 33.9 Å². The maximum atomic E-state index is 10.7. The van der Waals surface area contributed by atoms with Gasteiger partial charge in [0.05, 0.1) is 16.2 Å². The van der Waals surface area contributed by atoms with Crippen LogP contribution in [0.5, 0.6) is 0 Å². The zero-order chi connectivity index (χ0) is 12.8. The van der Waals surface area contributed by atoms with Gasteiger partial charge in [-0.1, -0.05) is 6.07 Å². The minimum atomic E-state index is -0.514. The second kappa shape index (κ2) is 5.24. The van der Waals surface area contributed by atoms with Gasteiger partial charge in [0.1, 0.15) is 12.1 Å². The summed E-state index contributed by atoms with van der Waals surface area (Å²) in [7, 11) is 0. The summed E-state index contributed by atoms with van der Waals surface area (Å²) in [5.41, 5.74) is 2.81. The van der Waals surface area contributed by atoms with Gasteiger partial charge in [-0.3, -0.25) is 15.5 Å². The van der Waals surface area contributed by atoms with Crippen molar-refractivity contribution in [2.45, 2.75) is 6.92 Å². The Morgan fingerprint density at radius 3 is 2.65 bits per heavy atom. The molecule has 1 aromatic rings. The normalized spacial score (nSPS) is 8.65. The summed E-state index contributed by atoms with van der Waals surface area (Å²) in [6, 6.07) is 7.56. The highest BCUT2D eigenvalue weighted by Gasteiger charge is 2.12. The van der Waals surface area contributed by atoms with Crippen LogP contribution in [0, 0.1) is 39.7 Å². The number of nitriles is 2. The van der Waals surface area contributed by atoms with E-state index in [0.717, 1.165) is 0 Å². The van der Waals surface area contributed by atoms with E-state index < -0.39 is 4.92 Å². The number of nitrogens with zero attached hydrogens (tertiary/aromatic N) is 4. The van der Waals surface area contributed by atoms with E-state index in [4.69, 9.17) is 10.5 Å². The molecule has 0 aromatic heterocycles. The number of benzene rings is 1. The third-order valence-corrected chi connectivity index (χ3v) is 2.00. The molecule has 0 atom stereocenters. The molecule has 84 valence electrons. The quantitative estimate of drug-likeness (QED) is 0.481. The van der Waals surface area contributed by atoms with Crippen LogP contribution in [0.25, 0.3) is 0 Å². The van der Waals surface area contributed by atoms with Gasteiger partial charge in [0.25, 0.3) is 5.69 Å².